The maximum Gasteiger partial charge on any atom is 0.255 e. The van der Waals surface area contributed by atoms with Gasteiger partial charge in [-0.2, -0.15) is 0 Å². The third kappa shape index (κ3) is 2.48. The van der Waals surface area contributed by atoms with Gasteiger partial charge in [0.15, 0.2) is 17.5 Å². The van der Waals surface area contributed by atoms with E-state index in [9.17, 15) is 27.6 Å². The smallest absolute Gasteiger partial charge is 0.255 e. The quantitative estimate of drug-likeness (QED) is 0.621. The minimum Gasteiger partial charge on any atom is -0.315 e. The van der Waals surface area contributed by atoms with E-state index in [1.807, 2.05) is 0 Å². The molecule has 3 amide bonds. The van der Waals surface area contributed by atoms with Gasteiger partial charge in [-0.25, -0.2) is 13.2 Å². The molecule has 1 fully saturated rings. The van der Waals surface area contributed by atoms with Gasteiger partial charge in [0.05, 0.1) is 0 Å². The second kappa shape index (κ2) is 4.87. The molecule has 1 N–H and O–H groups in total. The van der Waals surface area contributed by atoms with Gasteiger partial charge in [-0.15, -0.1) is 0 Å². The van der Waals surface area contributed by atoms with Crippen LogP contribution in [0.2, 0.25) is 0 Å². The lowest BCUT2D eigenvalue weighted by molar-refractivity contribution is -0.143. The molecule has 1 saturated heterocycles. The third-order valence-electron chi connectivity index (χ3n) is 3.26. The van der Waals surface area contributed by atoms with Crippen molar-refractivity contribution < 1.29 is 27.6 Å². The summed E-state index contributed by atoms with van der Waals surface area (Å²) in [4.78, 5) is 36.2. The van der Waals surface area contributed by atoms with E-state index in [2.05, 4.69) is 5.32 Å². The molecule has 2 rings (SSSR count). The van der Waals surface area contributed by atoms with Crippen molar-refractivity contribution in [2.75, 3.05) is 6.54 Å². The van der Waals surface area contributed by atoms with Crippen LogP contribution in [0.25, 0.3) is 0 Å². The Morgan fingerprint density at radius 2 is 1.71 bits per heavy atom. The summed E-state index contributed by atoms with van der Waals surface area (Å²) in [6.45, 7) is 2.31. The fraction of sp³-hybridized carbons (Fsp3) is 0.308. The molecule has 0 saturated carbocycles. The molecule has 112 valence electrons. The zero-order valence-corrected chi connectivity index (χ0v) is 11.2. The van der Waals surface area contributed by atoms with Crippen molar-refractivity contribution in [1.29, 1.82) is 0 Å². The van der Waals surface area contributed by atoms with Gasteiger partial charge in [0.1, 0.15) is 12.1 Å². The highest BCUT2D eigenvalue weighted by Crippen LogP contribution is 2.22. The summed E-state index contributed by atoms with van der Waals surface area (Å²) >= 11 is 0. The van der Waals surface area contributed by atoms with Crippen LogP contribution in [0, 0.1) is 17.5 Å². The standard InChI is InChI=1S/C13H11F3N2O3/c1-13(2)12(21)17-9(19)5-18(13)11(20)6-3-7(14)10(16)8(15)4-6/h3-4H,5H2,1-2H3,(H,17,19,21). The first kappa shape index (κ1) is 15.0. The minimum absolute atomic E-state index is 0.446. The van der Waals surface area contributed by atoms with Gasteiger partial charge in [0.25, 0.3) is 11.8 Å². The van der Waals surface area contributed by atoms with Crippen LogP contribution in [0.4, 0.5) is 13.2 Å². The molecule has 1 aliphatic rings. The Balaban J connectivity index is 2.43. The van der Waals surface area contributed by atoms with Crippen LogP contribution in [0.5, 0.6) is 0 Å². The predicted molar refractivity (Wildman–Crippen MR) is 64.6 cm³/mol. The van der Waals surface area contributed by atoms with Crippen LogP contribution in [0.3, 0.4) is 0 Å². The number of carbonyl (C=O) groups excluding carboxylic acids is 3. The van der Waals surface area contributed by atoms with Gasteiger partial charge < -0.3 is 4.90 Å². The Kier molecular flexibility index (Phi) is 3.48. The number of halogens is 3. The summed E-state index contributed by atoms with van der Waals surface area (Å²) in [6.07, 6.45) is 0. The summed E-state index contributed by atoms with van der Waals surface area (Å²) in [7, 11) is 0. The molecule has 0 spiro atoms. The van der Waals surface area contributed by atoms with Gasteiger partial charge in [-0.1, -0.05) is 0 Å². The highest BCUT2D eigenvalue weighted by Gasteiger charge is 2.43. The van der Waals surface area contributed by atoms with Gasteiger partial charge in [-0.05, 0) is 26.0 Å². The number of amides is 3. The molecular formula is C13H11F3N2O3. The highest BCUT2D eigenvalue weighted by molar-refractivity contribution is 6.08. The van der Waals surface area contributed by atoms with Gasteiger partial charge in [0, 0.05) is 5.56 Å². The first-order valence-electron chi connectivity index (χ1n) is 5.95. The van der Waals surface area contributed by atoms with Crippen molar-refractivity contribution in [3.63, 3.8) is 0 Å². The Morgan fingerprint density at radius 1 is 1.19 bits per heavy atom. The lowest BCUT2D eigenvalue weighted by atomic mass is 9.97. The molecule has 0 radical (unpaired) electrons. The molecule has 1 heterocycles. The van der Waals surface area contributed by atoms with Crippen molar-refractivity contribution in [2.24, 2.45) is 0 Å². The van der Waals surface area contributed by atoms with Crippen LogP contribution in [0.15, 0.2) is 12.1 Å². The highest BCUT2D eigenvalue weighted by atomic mass is 19.2. The molecule has 1 aromatic carbocycles. The van der Waals surface area contributed by atoms with Crippen molar-refractivity contribution >= 4 is 17.7 Å². The van der Waals surface area contributed by atoms with Crippen LogP contribution in [0.1, 0.15) is 24.2 Å². The third-order valence-corrected chi connectivity index (χ3v) is 3.26. The minimum atomic E-state index is -1.70. The number of rotatable bonds is 1. The van der Waals surface area contributed by atoms with Crippen molar-refractivity contribution in [2.45, 2.75) is 19.4 Å². The van der Waals surface area contributed by atoms with E-state index in [1.165, 1.54) is 13.8 Å². The molecule has 8 heteroatoms. The summed E-state index contributed by atoms with van der Waals surface area (Å²) in [6, 6.07) is 1.04. The zero-order chi connectivity index (χ0) is 15.9. The molecule has 0 atom stereocenters. The molecule has 5 nitrogen and oxygen atoms in total. The van der Waals surface area contributed by atoms with Crippen molar-refractivity contribution in [1.82, 2.24) is 10.2 Å². The average molecular weight is 300 g/mol. The Labute approximate surface area is 117 Å². The number of piperazine rings is 1. The maximum atomic E-state index is 13.2. The van der Waals surface area contributed by atoms with Gasteiger partial charge in [0.2, 0.25) is 5.91 Å². The monoisotopic (exact) mass is 300 g/mol. The normalized spacial score (nSPS) is 17.7. The molecular weight excluding hydrogens is 289 g/mol. The lowest BCUT2D eigenvalue weighted by Crippen LogP contribution is -2.65. The number of imide groups is 1. The van der Waals surface area contributed by atoms with E-state index >= 15 is 0 Å². The van der Waals surface area contributed by atoms with Crippen LogP contribution < -0.4 is 5.32 Å². The number of benzene rings is 1. The number of nitrogens with one attached hydrogen (secondary N) is 1. The second-order valence-corrected chi connectivity index (χ2v) is 5.08. The topological polar surface area (TPSA) is 66.5 Å². The molecule has 0 unspecified atom stereocenters. The molecule has 21 heavy (non-hydrogen) atoms. The number of hydrogen-bond donors (Lipinski definition) is 1. The van der Waals surface area contributed by atoms with Crippen molar-refractivity contribution in [3.05, 3.63) is 35.1 Å². The number of hydrogen-bond acceptors (Lipinski definition) is 3. The molecule has 0 aromatic heterocycles. The molecule has 0 bridgehead atoms. The predicted octanol–water partition coefficient (Wildman–Crippen LogP) is 0.981. The Hall–Kier alpha value is -2.38. The summed E-state index contributed by atoms with van der Waals surface area (Å²) < 4.78 is 39.3. The van der Waals surface area contributed by atoms with E-state index in [1.54, 1.807) is 0 Å². The molecule has 0 aliphatic carbocycles. The maximum absolute atomic E-state index is 13.2. The zero-order valence-electron chi connectivity index (χ0n) is 11.2. The number of carbonyl (C=O) groups is 3. The van der Waals surface area contributed by atoms with E-state index in [0.29, 0.717) is 12.1 Å². The van der Waals surface area contributed by atoms with E-state index in [-0.39, 0.29) is 0 Å². The SMILES string of the molecule is CC1(C)C(=O)NC(=O)CN1C(=O)c1cc(F)c(F)c(F)c1. The largest absolute Gasteiger partial charge is 0.315 e. The van der Waals surface area contributed by atoms with Gasteiger partial charge >= 0.3 is 0 Å². The van der Waals surface area contributed by atoms with E-state index in [0.717, 1.165) is 4.90 Å². The fourth-order valence-electron chi connectivity index (χ4n) is 1.94. The fourth-order valence-corrected chi connectivity index (χ4v) is 1.94. The van der Waals surface area contributed by atoms with Crippen LogP contribution in [-0.4, -0.2) is 34.7 Å². The Bertz CT molecular complexity index is 635. The van der Waals surface area contributed by atoms with Crippen LogP contribution >= 0.6 is 0 Å². The first-order chi connectivity index (χ1) is 9.64. The summed E-state index contributed by atoms with van der Waals surface area (Å²) in [5.74, 6) is -7.11. The van der Waals surface area contributed by atoms with E-state index in [4.69, 9.17) is 0 Å². The lowest BCUT2D eigenvalue weighted by Gasteiger charge is -2.40. The van der Waals surface area contributed by atoms with Crippen LogP contribution in [-0.2, 0) is 9.59 Å². The average Bonchev–Trinajstić information content (AvgIpc) is 2.39. The van der Waals surface area contributed by atoms with Crippen molar-refractivity contribution in [3.8, 4) is 0 Å². The summed E-state index contributed by atoms with van der Waals surface area (Å²) in [5, 5.41) is 2.06. The second-order valence-electron chi connectivity index (χ2n) is 5.08. The first-order valence-corrected chi connectivity index (χ1v) is 5.95. The molecule has 1 aliphatic heterocycles. The summed E-state index contributed by atoms with van der Waals surface area (Å²) in [5.41, 5.74) is -1.87. The van der Waals surface area contributed by atoms with Gasteiger partial charge in [-0.3, -0.25) is 19.7 Å². The molecule has 1 aromatic rings. The Morgan fingerprint density at radius 3 is 2.24 bits per heavy atom. The van der Waals surface area contributed by atoms with E-state index < -0.39 is 52.8 Å². The number of nitrogens with zero attached hydrogens (tertiary/aromatic N) is 1.